The van der Waals surface area contributed by atoms with Gasteiger partial charge in [0.2, 0.25) is 0 Å². The van der Waals surface area contributed by atoms with Gasteiger partial charge in [-0.25, -0.2) is 4.98 Å². The number of hydrogen-bond donors (Lipinski definition) is 1. The highest BCUT2D eigenvalue weighted by Gasteiger charge is 2.12. The van der Waals surface area contributed by atoms with Crippen molar-refractivity contribution in [2.45, 2.75) is 17.8 Å². The molecular weight excluding hydrogens is 312 g/mol. The molecule has 5 nitrogen and oxygen atoms in total. The van der Waals surface area contributed by atoms with Crippen molar-refractivity contribution in [1.29, 1.82) is 0 Å². The van der Waals surface area contributed by atoms with Crippen molar-refractivity contribution < 1.29 is 13.7 Å². The van der Waals surface area contributed by atoms with E-state index in [1.807, 2.05) is 43.3 Å². The van der Waals surface area contributed by atoms with Gasteiger partial charge in [-0.2, -0.15) is 0 Å². The number of hydrogen-bond acceptors (Lipinski definition) is 4. The molecule has 0 unspecified atom stereocenters. The molecule has 0 saturated carbocycles. The van der Waals surface area contributed by atoms with Crippen LogP contribution in [0.4, 0.5) is 0 Å². The minimum absolute atomic E-state index is 0.383. The summed E-state index contributed by atoms with van der Waals surface area (Å²) in [5.41, 5.74) is 3.59. The predicted molar refractivity (Wildman–Crippen MR) is 90.5 cm³/mol. The van der Waals surface area contributed by atoms with Crippen molar-refractivity contribution in [3.63, 3.8) is 0 Å². The molecule has 0 aliphatic heterocycles. The lowest BCUT2D eigenvalue weighted by Crippen LogP contribution is -1.99. The summed E-state index contributed by atoms with van der Waals surface area (Å²) < 4.78 is 23.1. The van der Waals surface area contributed by atoms with Crippen LogP contribution in [0, 0.1) is 6.92 Å². The van der Waals surface area contributed by atoms with Gasteiger partial charge < -0.3 is 14.5 Å². The Morgan fingerprint density at radius 3 is 2.70 bits per heavy atom. The van der Waals surface area contributed by atoms with Crippen molar-refractivity contribution in [2.75, 3.05) is 14.2 Å². The summed E-state index contributed by atoms with van der Waals surface area (Å²) in [4.78, 5) is 7.51. The third kappa shape index (κ3) is 3.22. The Hall–Kier alpha value is -2.34. The maximum Gasteiger partial charge on any atom is 0.197 e. The van der Waals surface area contributed by atoms with Crippen LogP contribution in [0.2, 0.25) is 0 Å². The molecule has 1 atom stereocenters. The molecular formula is C17H18N2O3S. The largest absolute Gasteiger partial charge is 0.497 e. The molecule has 0 saturated heterocycles. The second-order valence-electron chi connectivity index (χ2n) is 5.22. The Bertz CT molecular complexity index is 873. The summed E-state index contributed by atoms with van der Waals surface area (Å²) in [5.74, 6) is 1.92. The van der Waals surface area contributed by atoms with Crippen molar-refractivity contribution in [3.05, 3.63) is 47.5 Å². The molecule has 1 N–H and O–H groups in total. The van der Waals surface area contributed by atoms with E-state index in [0.29, 0.717) is 10.9 Å². The second kappa shape index (κ2) is 6.42. The molecule has 0 aliphatic rings. The Morgan fingerprint density at radius 1 is 1.13 bits per heavy atom. The number of nitrogens with zero attached hydrogens (tertiary/aromatic N) is 1. The molecule has 3 rings (SSSR count). The van der Waals surface area contributed by atoms with Gasteiger partial charge in [0.05, 0.1) is 41.8 Å². The number of benzene rings is 2. The van der Waals surface area contributed by atoms with Gasteiger partial charge in [-0.15, -0.1) is 0 Å². The van der Waals surface area contributed by atoms with E-state index in [9.17, 15) is 4.21 Å². The van der Waals surface area contributed by atoms with Gasteiger partial charge in [-0.1, -0.05) is 12.1 Å². The lowest BCUT2D eigenvalue weighted by molar-refractivity contribution is 0.411. The van der Waals surface area contributed by atoms with Crippen LogP contribution in [0.15, 0.2) is 41.6 Å². The number of ether oxygens (including phenoxy) is 2. The third-order valence-electron chi connectivity index (χ3n) is 3.65. The number of methoxy groups -OCH3 is 2. The minimum atomic E-state index is -1.26. The van der Waals surface area contributed by atoms with E-state index in [2.05, 4.69) is 9.97 Å². The van der Waals surface area contributed by atoms with Gasteiger partial charge in [0.25, 0.3) is 0 Å². The van der Waals surface area contributed by atoms with E-state index >= 15 is 0 Å². The maximum absolute atomic E-state index is 12.6. The zero-order chi connectivity index (χ0) is 16.4. The standard InChI is InChI=1S/C17H18N2O3S/c1-11-4-5-12(8-16(11)22-3)10-23(20)17-18-14-7-6-13(21-2)9-15(14)19-17/h4-9H,10H2,1-3H3,(H,18,19)/t23-/m0/s1. The Kier molecular flexibility index (Phi) is 4.34. The van der Waals surface area contributed by atoms with Gasteiger partial charge in [0.15, 0.2) is 5.16 Å². The maximum atomic E-state index is 12.6. The number of rotatable bonds is 5. The lowest BCUT2D eigenvalue weighted by atomic mass is 10.1. The Morgan fingerprint density at radius 2 is 1.96 bits per heavy atom. The summed E-state index contributed by atoms with van der Waals surface area (Å²) in [5, 5.41) is 0.466. The highest BCUT2D eigenvalue weighted by atomic mass is 32.2. The molecule has 0 spiro atoms. The van der Waals surface area contributed by atoms with Gasteiger partial charge in [-0.05, 0) is 36.2 Å². The first kappa shape index (κ1) is 15.6. The molecule has 0 bridgehead atoms. The van der Waals surface area contributed by atoms with Crippen molar-refractivity contribution in [1.82, 2.24) is 9.97 Å². The molecule has 0 fully saturated rings. The molecule has 6 heteroatoms. The average Bonchev–Trinajstić information content (AvgIpc) is 2.99. The number of nitrogens with one attached hydrogen (secondary N) is 1. The number of H-pyrrole nitrogens is 1. The summed E-state index contributed by atoms with van der Waals surface area (Å²) in [6.45, 7) is 1.98. The van der Waals surface area contributed by atoms with E-state index in [-0.39, 0.29) is 0 Å². The van der Waals surface area contributed by atoms with Crippen LogP contribution in [0.25, 0.3) is 11.0 Å². The zero-order valence-corrected chi connectivity index (χ0v) is 14.1. The van der Waals surface area contributed by atoms with Crippen LogP contribution in [-0.2, 0) is 16.6 Å². The number of imidazole rings is 1. The molecule has 0 radical (unpaired) electrons. The topological polar surface area (TPSA) is 64.2 Å². The number of fused-ring (bicyclic) bond motifs is 1. The molecule has 23 heavy (non-hydrogen) atoms. The molecule has 1 aromatic heterocycles. The molecule has 0 amide bonds. The van der Waals surface area contributed by atoms with E-state index < -0.39 is 10.8 Å². The van der Waals surface area contributed by atoms with Gasteiger partial charge in [0.1, 0.15) is 11.5 Å². The molecule has 0 aliphatic carbocycles. The number of aromatic amines is 1. The monoisotopic (exact) mass is 330 g/mol. The third-order valence-corrected chi connectivity index (χ3v) is 4.87. The summed E-state index contributed by atoms with van der Waals surface area (Å²) in [6.07, 6.45) is 0. The van der Waals surface area contributed by atoms with Gasteiger partial charge in [0, 0.05) is 6.07 Å². The van der Waals surface area contributed by atoms with E-state index in [1.165, 1.54) is 0 Å². The van der Waals surface area contributed by atoms with Crippen LogP contribution < -0.4 is 9.47 Å². The number of aromatic nitrogens is 2. The fraction of sp³-hybridized carbons (Fsp3) is 0.235. The summed E-state index contributed by atoms with van der Waals surface area (Å²) in [7, 11) is 1.99. The Labute approximate surface area is 137 Å². The number of aryl methyl sites for hydroxylation is 1. The SMILES string of the molecule is COc1ccc2nc([S@@](=O)Cc3ccc(C)c(OC)c3)[nH]c2c1. The highest BCUT2D eigenvalue weighted by molar-refractivity contribution is 7.84. The molecule has 120 valence electrons. The fourth-order valence-corrected chi connectivity index (χ4v) is 3.42. The predicted octanol–water partition coefficient (Wildman–Crippen LogP) is 3.20. The van der Waals surface area contributed by atoms with Crippen LogP contribution in [0.3, 0.4) is 0 Å². The van der Waals surface area contributed by atoms with Crippen LogP contribution in [0.1, 0.15) is 11.1 Å². The fourth-order valence-electron chi connectivity index (χ4n) is 2.37. The van der Waals surface area contributed by atoms with Crippen LogP contribution in [-0.4, -0.2) is 28.4 Å². The normalized spacial score (nSPS) is 12.3. The highest BCUT2D eigenvalue weighted by Crippen LogP contribution is 2.23. The van der Waals surface area contributed by atoms with E-state index in [0.717, 1.165) is 33.7 Å². The lowest BCUT2D eigenvalue weighted by Gasteiger charge is -2.06. The molecule has 2 aromatic carbocycles. The summed E-state index contributed by atoms with van der Waals surface area (Å²) in [6, 6.07) is 11.4. The van der Waals surface area contributed by atoms with E-state index in [1.54, 1.807) is 14.2 Å². The van der Waals surface area contributed by atoms with Crippen LogP contribution in [0.5, 0.6) is 11.5 Å². The van der Waals surface area contributed by atoms with Crippen molar-refractivity contribution in [3.8, 4) is 11.5 Å². The van der Waals surface area contributed by atoms with Gasteiger partial charge >= 0.3 is 0 Å². The summed E-state index contributed by atoms with van der Waals surface area (Å²) >= 11 is 0. The average molecular weight is 330 g/mol. The second-order valence-corrected chi connectivity index (χ2v) is 6.59. The molecule has 1 heterocycles. The molecule has 3 aromatic rings. The smallest absolute Gasteiger partial charge is 0.197 e. The van der Waals surface area contributed by atoms with Gasteiger partial charge in [-0.3, -0.25) is 4.21 Å². The zero-order valence-electron chi connectivity index (χ0n) is 13.3. The minimum Gasteiger partial charge on any atom is -0.497 e. The van der Waals surface area contributed by atoms with Crippen molar-refractivity contribution in [2.24, 2.45) is 0 Å². The first-order chi connectivity index (χ1) is 11.1. The quantitative estimate of drug-likeness (QED) is 0.780. The first-order valence-electron chi connectivity index (χ1n) is 7.16. The van der Waals surface area contributed by atoms with Crippen molar-refractivity contribution >= 4 is 21.8 Å². The Balaban J connectivity index is 1.85. The first-order valence-corrected chi connectivity index (χ1v) is 8.48. The van der Waals surface area contributed by atoms with E-state index in [4.69, 9.17) is 9.47 Å². The van der Waals surface area contributed by atoms with Crippen LogP contribution >= 0.6 is 0 Å².